The Balaban J connectivity index is 0.000000463. The van der Waals surface area contributed by atoms with Gasteiger partial charge in [-0.05, 0) is 31.2 Å². The van der Waals surface area contributed by atoms with E-state index in [2.05, 4.69) is 4.74 Å². The maximum absolute atomic E-state index is 9.18. The first-order valence-electron chi connectivity index (χ1n) is 6.99. The van der Waals surface area contributed by atoms with Crippen molar-refractivity contribution in [1.82, 2.24) is 0 Å². The predicted molar refractivity (Wildman–Crippen MR) is 87.8 cm³/mol. The molecule has 0 radical (unpaired) electrons. The van der Waals surface area contributed by atoms with Crippen molar-refractivity contribution in [1.29, 1.82) is 0 Å². The molecule has 0 aliphatic carbocycles. The number of methoxy groups -OCH3 is 4. The molecule has 0 fully saturated rings. The van der Waals surface area contributed by atoms with Crippen molar-refractivity contribution in [3.63, 3.8) is 0 Å². The zero-order valence-corrected chi connectivity index (χ0v) is 14.0. The highest BCUT2D eigenvalue weighted by atomic mass is 16.5. The second-order valence-electron chi connectivity index (χ2n) is 4.24. The van der Waals surface area contributed by atoms with Gasteiger partial charge in [0.25, 0.3) is 6.47 Å². The van der Waals surface area contributed by atoms with Gasteiger partial charge in [0.1, 0.15) is 23.0 Å². The zero-order valence-electron chi connectivity index (χ0n) is 14.0. The minimum atomic E-state index is 0.431. The molecule has 0 saturated heterocycles. The average Bonchev–Trinajstić information content (AvgIpc) is 2.60. The van der Waals surface area contributed by atoms with Gasteiger partial charge in [-0.3, -0.25) is 4.79 Å². The van der Waals surface area contributed by atoms with Crippen LogP contribution in [0.3, 0.4) is 0 Å². The Morgan fingerprint density at radius 3 is 1.17 bits per heavy atom. The van der Waals surface area contributed by atoms with E-state index in [1.54, 1.807) is 35.4 Å². The molecule has 0 N–H and O–H groups in total. The normalized spacial score (nSPS) is 9.43. The average molecular weight is 322 g/mol. The molecular formula is C17H22O6. The van der Waals surface area contributed by atoms with Gasteiger partial charge in [-0.1, -0.05) is 0 Å². The number of carbonyl (C=O) groups is 1. The molecule has 0 amide bonds. The molecule has 0 spiro atoms. The van der Waals surface area contributed by atoms with E-state index in [0.717, 1.165) is 33.8 Å². The first-order valence-corrected chi connectivity index (χ1v) is 6.99. The number of fused-ring (bicyclic) bond motifs is 1. The van der Waals surface area contributed by atoms with E-state index in [-0.39, 0.29) is 0 Å². The van der Waals surface area contributed by atoms with E-state index in [1.807, 2.05) is 24.3 Å². The van der Waals surface area contributed by atoms with Gasteiger partial charge in [0.15, 0.2) is 0 Å². The summed E-state index contributed by atoms with van der Waals surface area (Å²) in [6.45, 7) is 2.66. The lowest BCUT2D eigenvalue weighted by atomic mass is 10.1. The third-order valence-electron chi connectivity index (χ3n) is 3.12. The summed E-state index contributed by atoms with van der Waals surface area (Å²) in [5.41, 5.74) is 0. The molecule has 0 bridgehead atoms. The highest BCUT2D eigenvalue weighted by molar-refractivity contribution is 6.02. The first-order chi connectivity index (χ1) is 11.2. The number of hydrogen-bond acceptors (Lipinski definition) is 6. The molecule has 2 aromatic carbocycles. The van der Waals surface area contributed by atoms with E-state index in [0.29, 0.717) is 13.1 Å². The van der Waals surface area contributed by atoms with Gasteiger partial charge in [-0.15, -0.1) is 0 Å². The van der Waals surface area contributed by atoms with Crippen LogP contribution in [0.25, 0.3) is 10.8 Å². The van der Waals surface area contributed by atoms with Crippen LogP contribution in [0.15, 0.2) is 24.3 Å². The molecular weight excluding hydrogens is 300 g/mol. The van der Waals surface area contributed by atoms with Gasteiger partial charge in [-0.2, -0.15) is 0 Å². The molecule has 0 unspecified atom stereocenters. The highest BCUT2D eigenvalue weighted by Crippen LogP contribution is 2.43. The Hall–Kier alpha value is -2.63. The van der Waals surface area contributed by atoms with Crippen LogP contribution in [-0.2, 0) is 9.53 Å². The Morgan fingerprint density at radius 2 is 1.04 bits per heavy atom. The Kier molecular flexibility index (Phi) is 7.53. The smallest absolute Gasteiger partial charge is 0.293 e. The second kappa shape index (κ2) is 9.40. The minimum Gasteiger partial charge on any atom is -0.496 e. The van der Waals surface area contributed by atoms with Gasteiger partial charge in [0.2, 0.25) is 0 Å². The summed E-state index contributed by atoms with van der Waals surface area (Å²) >= 11 is 0. The number of carbonyl (C=O) groups excluding carboxylic acids is 1. The van der Waals surface area contributed by atoms with E-state index in [1.165, 1.54) is 0 Å². The van der Waals surface area contributed by atoms with Crippen LogP contribution in [0.1, 0.15) is 6.92 Å². The van der Waals surface area contributed by atoms with Crippen LogP contribution in [-0.4, -0.2) is 41.5 Å². The van der Waals surface area contributed by atoms with Crippen molar-refractivity contribution in [3.05, 3.63) is 24.3 Å². The summed E-state index contributed by atoms with van der Waals surface area (Å²) in [6, 6.07) is 7.40. The van der Waals surface area contributed by atoms with Gasteiger partial charge in [0, 0.05) is 0 Å². The lowest BCUT2D eigenvalue weighted by Crippen LogP contribution is -1.95. The van der Waals surface area contributed by atoms with Crippen LogP contribution in [0.5, 0.6) is 23.0 Å². The Bertz CT molecular complexity index is 541. The molecule has 2 aromatic rings. The molecule has 0 aromatic heterocycles. The van der Waals surface area contributed by atoms with Gasteiger partial charge < -0.3 is 23.7 Å². The number of benzene rings is 2. The number of hydrogen-bond donors (Lipinski definition) is 0. The molecule has 0 heterocycles. The van der Waals surface area contributed by atoms with Crippen LogP contribution >= 0.6 is 0 Å². The summed E-state index contributed by atoms with van der Waals surface area (Å²) < 4.78 is 25.7. The molecule has 126 valence electrons. The summed E-state index contributed by atoms with van der Waals surface area (Å²) in [4.78, 5) is 9.18. The first kappa shape index (κ1) is 18.4. The van der Waals surface area contributed by atoms with Crippen molar-refractivity contribution in [2.75, 3.05) is 35.0 Å². The topological polar surface area (TPSA) is 63.2 Å². The third kappa shape index (κ3) is 4.18. The van der Waals surface area contributed by atoms with Crippen molar-refractivity contribution in [3.8, 4) is 23.0 Å². The van der Waals surface area contributed by atoms with Crippen LogP contribution < -0.4 is 18.9 Å². The van der Waals surface area contributed by atoms with Gasteiger partial charge in [-0.25, -0.2) is 0 Å². The maximum Gasteiger partial charge on any atom is 0.293 e. The Labute approximate surface area is 135 Å². The van der Waals surface area contributed by atoms with E-state index >= 15 is 0 Å². The fraction of sp³-hybridized carbons (Fsp3) is 0.353. The number of ether oxygens (including phenoxy) is 5. The van der Waals surface area contributed by atoms with E-state index in [9.17, 15) is 4.79 Å². The fourth-order valence-electron chi connectivity index (χ4n) is 2.12. The highest BCUT2D eigenvalue weighted by Gasteiger charge is 2.16. The molecule has 0 aliphatic rings. The predicted octanol–water partition coefficient (Wildman–Crippen LogP) is 3.05. The monoisotopic (exact) mass is 322 g/mol. The lowest BCUT2D eigenvalue weighted by molar-refractivity contribution is -0.128. The quantitative estimate of drug-likeness (QED) is 0.762. The molecule has 23 heavy (non-hydrogen) atoms. The summed E-state index contributed by atoms with van der Waals surface area (Å²) in [6.07, 6.45) is 0. The molecule has 6 heteroatoms. The molecule has 6 nitrogen and oxygen atoms in total. The third-order valence-corrected chi connectivity index (χ3v) is 3.12. The molecule has 0 aliphatic heterocycles. The van der Waals surface area contributed by atoms with Crippen LogP contribution in [0.4, 0.5) is 0 Å². The minimum absolute atomic E-state index is 0.431. The summed E-state index contributed by atoms with van der Waals surface area (Å²) in [5.74, 6) is 2.89. The van der Waals surface area contributed by atoms with Crippen LogP contribution in [0, 0.1) is 0 Å². The summed E-state index contributed by atoms with van der Waals surface area (Å²) in [7, 11) is 6.50. The molecule has 0 saturated carbocycles. The van der Waals surface area contributed by atoms with Gasteiger partial charge >= 0.3 is 0 Å². The lowest BCUT2D eigenvalue weighted by Gasteiger charge is -2.15. The van der Waals surface area contributed by atoms with E-state index in [4.69, 9.17) is 18.9 Å². The van der Waals surface area contributed by atoms with E-state index < -0.39 is 0 Å². The zero-order chi connectivity index (χ0) is 17.2. The SMILES string of the molecule is CCOC=O.COc1ccc(OC)c2c(OC)ccc(OC)c12. The molecule has 0 atom stereocenters. The van der Waals surface area contributed by atoms with Crippen molar-refractivity contribution in [2.45, 2.75) is 6.92 Å². The standard InChI is InChI=1S/C14H16O4.C3H6O2/c1-15-9-5-6-11(17-3)14-12(18-4)8-7-10(16-2)13(9)14;1-2-5-3-4/h5-8H,1-4H3;3H,2H2,1H3. The second-order valence-corrected chi connectivity index (χ2v) is 4.24. The largest absolute Gasteiger partial charge is 0.496 e. The summed E-state index contributed by atoms with van der Waals surface area (Å²) in [5, 5.41) is 1.69. The van der Waals surface area contributed by atoms with Crippen molar-refractivity contribution >= 4 is 17.2 Å². The fourth-order valence-corrected chi connectivity index (χ4v) is 2.12. The van der Waals surface area contributed by atoms with Crippen molar-refractivity contribution in [2.24, 2.45) is 0 Å². The number of rotatable bonds is 6. The van der Waals surface area contributed by atoms with Gasteiger partial charge in [0.05, 0.1) is 45.8 Å². The maximum atomic E-state index is 9.18. The van der Waals surface area contributed by atoms with Crippen LogP contribution in [0.2, 0.25) is 0 Å². The van der Waals surface area contributed by atoms with Crippen molar-refractivity contribution < 1.29 is 28.5 Å². The molecule has 2 rings (SSSR count). The Morgan fingerprint density at radius 1 is 0.739 bits per heavy atom.